The number of rotatable bonds is 3. The van der Waals surface area contributed by atoms with Gasteiger partial charge in [-0.3, -0.25) is 0 Å². The molecule has 1 unspecified atom stereocenters. The number of aliphatic hydroxyl groups excluding tert-OH is 1. The Morgan fingerprint density at radius 2 is 1.76 bits per heavy atom. The lowest BCUT2D eigenvalue weighted by atomic mass is 10.0. The van der Waals surface area contributed by atoms with Crippen molar-refractivity contribution in [1.29, 1.82) is 0 Å². The van der Waals surface area contributed by atoms with E-state index in [9.17, 15) is 22.3 Å². The zero-order valence-electron chi connectivity index (χ0n) is 10.8. The molecule has 0 aromatic heterocycles. The van der Waals surface area contributed by atoms with Crippen molar-refractivity contribution in [2.24, 2.45) is 0 Å². The molecule has 0 aliphatic heterocycles. The molecule has 2 rings (SSSR count). The molecule has 0 bridgehead atoms. The first-order chi connectivity index (χ1) is 9.70. The number of hydrogen-bond acceptors (Lipinski definition) is 3. The van der Waals surface area contributed by atoms with Crippen molar-refractivity contribution < 1.29 is 22.3 Å². The van der Waals surface area contributed by atoms with Gasteiger partial charge in [0.15, 0.2) is 21.5 Å². The highest BCUT2D eigenvalue weighted by Crippen LogP contribution is 2.31. The fourth-order valence-electron chi connectivity index (χ4n) is 1.84. The SMILES string of the molecule is CS(=O)(=O)c1cccc(C(O)c2cc(F)c(F)cc2Cl)c1. The van der Waals surface area contributed by atoms with E-state index in [2.05, 4.69) is 0 Å². The van der Waals surface area contributed by atoms with Crippen LogP contribution in [0.4, 0.5) is 8.78 Å². The van der Waals surface area contributed by atoms with Crippen LogP contribution in [0.3, 0.4) is 0 Å². The van der Waals surface area contributed by atoms with Crippen molar-refractivity contribution in [3.05, 3.63) is 64.2 Å². The lowest BCUT2D eigenvalue weighted by molar-refractivity contribution is 0.219. The van der Waals surface area contributed by atoms with E-state index < -0.39 is 27.6 Å². The molecule has 0 amide bonds. The highest BCUT2D eigenvalue weighted by Gasteiger charge is 2.19. The normalized spacial score (nSPS) is 13.2. The van der Waals surface area contributed by atoms with Crippen LogP contribution in [-0.4, -0.2) is 19.8 Å². The van der Waals surface area contributed by atoms with E-state index in [0.717, 1.165) is 18.4 Å². The summed E-state index contributed by atoms with van der Waals surface area (Å²) in [4.78, 5) is 0.0118. The Kier molecular flexibility index (Phi) is 4.32. The van der Waals surface area contributed by atoms with Gasteiger partial charge in [0.25, 0.3) is 0 Å². The van der Waals surface area contributed by atoms with Gasteiger partial charge in [-0.15, -0.1) is 0 Å². The van der Waals surface area contributed by atoms with E-state index in [1.165, 1.54) is 24.3 Å². The highest BCUT2D eigenvalue weighted by molar-refractivity contribution is 7.90. The molecule has 1 atom stereocenters. The molecule has 0 heterocycles. The Morgan fingerprint density at radius 1 is 1.14 bits per heavy atom. The summed E-state index contributed by atoms with van der Waals surface area (Å²) in [6.07, 6.45) is -0.336. The fraction of sp³-hybridized carbons (Fsp3) is 0.143. The van der Waals surface area contributed by atoms with Crippen LogP contribution in [0.15, 0.2) is 41.3 Å². The summed E-state index contributed by atoms with van der Waals surface area (Å²) < 4.78 is 49.3. The molecular weight excluding hydrogens is 322 g/mol. The van der Waals surface area contributed by atoms with Crippen molar-refractivity contribution in [3.63, 3.8) is 0 Å². The molecule has 0 saturated carbocycles. The second-order valence-electron chi connectivity index (χ2n) is 4.54. The van der Waals surface area contributed by atoms with Crippen molar-refractivity contribution in [1.82, 2.24) is 0 Å². The minimum atomic E-state index is -3.44. The third kappa shape index (κ3) is 3.40. The number of hydrogen-bond donors (Lipinski definition) is 1. The van der Waals surface area contributed by atoms with Crippen LogP contribution in [0.5, 0.6) is 0 Å². The van der Waals surface area contributed by atoms with Crippen LogP contribution in [0.1, 0.15) is 17.2 Å². The smallest absolute Gasteiger partial charge is 0.175 e. The number of benzene rings is 2. The summed E-state index contributed by atoms with van der Waals surface area (Å²) in [5.74, 6) is -2.27. The first-order valence-electron chi connectivity index (χ1n) is 5.82. The van der Waals surface area contributed by atoms with Gasteiger partial charge < -0.3 is 5.11 Å². The predicted octanol–water partition coefficient (Wildman–Crippen LogP) is 3.10. The van der Waals surface area contributed by atoms with Crippen molar-refractivity contribution in [3.8, 4) is 0 Å². The first-order valence-corrected chi connectivity index (χ1v) is 8.09. The maximum Gasteiger partial charge on any atom is 0.175 e. The quantitative estimate of drug-likeness (QED) is 0.879. The van der Waals surface area contributed by atoms with Crippen LogP contribution >= 0.6 is 11.6 Å². The first kappa shape index (κ1) is 15.9. The van der Waals surface area contributed by atoms with Gasteiger partial charge in [0, 0.05) is 16.8 Å². The van der Waals surface area contributed by atoms with Gasteiger partial charge in [-0.25, -0.2) is 17.2 Å². The number of halogens is 3. The van der Waals surface area contributed by atoms with Crippen LogP contribution in [0.2, 0.25) is 5.02 Å². The van der Waals surface area contributed by atoms with Crippen LogP contribution in [0, 0.1) is 11.6 Å². The topological polar surface area (TPSA) is 54.4 Å². The largest absolute Gasteiger partial charge is 0.384 e. The molecule has 0 aliphatic carbocycles. The number of sulfone groups is 1. The molecule has 21 heavy (non-hydrogen) atoms. The molecule has 1 N–H and O–H groups in total. The molecule has 2 aromatic carbocycles. The second kappa shape index (κ2) is 5.71. The molecule has 112 valence electrons. The molecule has 0 aliphatic rings. The summed E-state index contributed by atoms with van der Waals surface area (Å²) in [5, 5.41) is 10.1. The minimum Gasteiger partial charge on any atom is -0.384 e. The minimum absolute atomic E-state index is 0.0118. The van der Waals surface area contributed by atoms with E-state index in [4.69, 9.17) is 11.6 Å². The second-order valence-corrected chi connectivity index (χ2v) is 6.96. The lowest BCUT2D eigenvalue weighted by Gasteiger charge is -2.14. The summed E-state index contributed by atoms with van der Waals surface area (Å²) in [6, 6.07) is 7.10. The molecule has 2 aromatic rings. The average molecular weight is 333 g/mol. The van der Waals surface area contributed by atoms with Gasteiger partial charge in [0.1, 0.15) is 6.10 Å². The Morgan fingerprint density at radius 3 is 2.38 bits per heavy atom. The molecule has 0 saturated heterocycles. The van der Waals surface area contributed by atoms with Gasteiger partial charge in [-0.1, -0.05) is 23.7 Å². The van der Waals surface area contributed by atoms with Crippen molar-refractivity contribution in [2.45, 2.75) is 11.0 Å². The van der Waals surface area contributed by atoms with Crippen LogP contribution < -0.4 is 0 Å². The Labute approximate surface area is 125 Å². The van der Waals surface area contributed by atoms with Gasteiger partial charge in [-0.05, 0) is 29.8 Å². The highest BCUT2D eigenvalue weighted by atomic mass is 35.5. The van der Waals surface area contributed by atoms with Crippen LogP contribution in [0.25, 0.3) is 0 Å². The Bertz CT molecular complexity index is 791. The van der Waals surface area contributed by atoms with E-state index in [1.807, 2.05) is 0 Å². The Balaban J connectivity index is 2.50. The van der Waals surface area contributed by atoms with Gasteiger partial charge >= 0.3 is 0 Å². The lowest BCUT2D eigenvalue weighted by Crippen LogP contribution is -2.04. The summed E-state index contributed by atoms with van der Waals surface area (Å²) in [7, 11) is -3.44. The van der Waals surface area contributed by atoms with Crippen molar-refractivity contribution >= 4 is 21.4 Å². The van der Waals surface area contributed by atoms with Crippen LogP contribution in [-0.2, 0) is 9.84 Å². The van der Waals surface area contributed by atoms with Gasteiger partial charge in [-0.2, -0.15) is 0 Å². The summed E-state index contributed by atoms with van der Waals surface area (Å²) in [5.41, 5.74) is 0.173. The molecular formula is C14H11ClF2O3S. The number of aliphatic hydroxyl groups is 1. The Hall–Kier alpha value is -1.50. The molecule has 0 spiro atoms. The van der Waals surface area contributed by atoms with Crippen molar-refractivity contribution in [2.75, 3.05) is 6.26 Å². The van der Waals surface area contributed by atoms with E-state index in [1.54, 1.807) is 0 Å². The fourth-order valence-corrected chi connectivity index (χ4v) is 2.77. The predicted molar refractivity (Wildman–Crippen MR) is 75.0 cm³/mol. The van der Waals surface area contributed by atoms with Gasteiger partial charge in [0.2, 0.25) is 0 Å². The van der Waals surface area contributed by atoms with E-state index in [0.29, 0.717) is 0 Å². The molecule has 0 radical (unpaired) electrons. The molecule has 0 fully saturated rings. The zero-order valence-corrected chi connectivity index (χ0v) is 12.4. The molecule has 3 nitrogen and oxygen atoms in total. The maximum absolute atomic E-state index is 13.3. The summed E-state index contributed by atoms with van der Waals surface area (Å²) in [6.45, 7) is 0. The average Bonchev–Trinajstić information content (AvgIpc) is 2.41. The van der Waals surface area contributed by atoms with E-state index in [-0.39, 0.29) is 21.0 Å². The zero-order chi connectivity index (χ0) is 15.8. The van der Waals surface area contributed by atoms with Gasteiger partial charge in [0.05, 0.1) is 4.90 Å². The standard InChI is InChI=1S/C14H11ClF2O3S/c1-21(19,20)9-4-2-3-8(5-9)14(18)10-6-12(16)13(17)7-11(10)15/h2-7,14,18H,1H3. The van der Waals surface area contributed by atoms with E-state index >= 15 is 0 Å². The third-order valence-electron chi connectivity index (χ3n) is 2.94. The molecule has 7 heteroatoms. The maximum atomic E-state index is 13.3. The third-order valence-corrected chi connectivity index (χ3v) is 4.37. The monoisotopic (exact) mass is 332 g/mol. The summed E-state index contributed by atoms with van der Waals surface area (Å²) >= 11 is 5.79.